The maximum Gasteiger partial charge on any atom is 0.162 e. The molecular weight excluding hydrogens is 202 g/mol. The maximum absolute atomic E-state index is 5.77. The van der Waals surface area contributed by atoms with E-state index in [9.17, 15) is 0 Å². The molecule has 2 aromatic heterocycles. The summed E-state index contributed by atoms with van der Waals surface area (Å²) in [6, 6.07) is 2.00. The van der Waals surface area contributed by atoms with Gasteiger partial charge in [0.05, 0.1) is 0 Å². The van der Waals surface area contributed by atoms with Gasteiger partial charge in [0.2, 0.25) is 0 Å². The van der Waals surface area contributed by atoms with E-state index < -0.39 is 0 Å². The van der Waals surface area contributed by atoms with Crippen LogP contribution < -0.4 is 10.6 Å². The predicted molar refractivity (Wildman–Crippen MR) is 63.6 cm³/mol. The van der Waals surface area contributed by atoms with E-state index >= 15 is 0 Å². The van der Waals surface area contributed by atoms with Crippen LogP contribution in [0.1, 0.15) is 18.4 Å². The van der Waals surface area contributed by atoms with E-state index in [-0.39, 0.29) is 0 Å². The Morgan fingerprint density at radius 1 is 1.31 bits per heavy atom. The van der Waals surface area contributed by atoms with Crippen LogP contribution in [-0.4, -0.2) is 27.7 Å². The van der Waals surface area contributed by atoms with Crippen molar-refractivity contribution in [3.8, 4) is 0 Å². The third-order valence-corrected chi connectivity index (χ3v) is 3.17. The van der Waals surface area contributed by atoms with Gasteiger partial charge in [-0.1, -0.05) is 0 Å². The highest BCUT2D eigenvalue weighted by atomic mass is 15.3. The van der Waals surface area contributed by atoms with Crippen LogP contribution in [0.3, 0.4) is 0 Å². The van der Waals surface area contributed by atoms with Crippen molar-refractivity contribution in [1.29, 1.82) is 0 Å². The van der Waals surface area contributed by atoms with E-state index in [2.05, 4.69) is 15.0 Å². The topological polar surface area (TPSA) is 59.4 Å². The van der Waals surface area contributed by atoms with Gasteiger partial charge in [0.1, 0.15) is 5.82 Å². The fourth-order valence-electron chi connectivity index (χ4n) is 2.17. The summed E-state index contributed by atoms with van der Waals surface area (Å²) in [5, 5.41) is 4.19. The highest BCUT2D eigenvalue weighted by molar-refractivity contribution is 5.60. The number of anilines is 2. The lowest BCUT2D eigenvalue weighted by Crippen LogP contribution is -2.19. The van der Waals surface area contributed by atoms with Gasteiger partial charge >= 0.3 is 0 Å². The molecule has 3 heterocycles. The third-order valence-electron chi connectivity index (χ3n) is 3.17. The van der Waals surface area contributed by atoms with Crippen molar-refractivity contribution in [2.45, 2.75) is 19.8 Å². The van der Waals surface area contributed by atoms with Crippen molar-refractivity contribution < 1.29 is 0 Å². The molecule has 1 saturated heterocycles. The zero-order chi connectivity index (χ0) is 11.1. The van der Waals surface area contributed by atoms with E-state index in [1.54, 1.807) is 4.52 Å². The number of hydrogen-bond acceptors (Lipinski definition) is 4. The summed E-state index contributed by atoms with van der Waals surface area (Å²) < 4.78 is 1.74. The predicted octanol–water partition coefficient (Wildman–Crippen LogP) is 1.22. The lowest BCUT2D eigenvalue weighted by atomic mass is 10.3. The van der Waals surface area contributed by atoms with Gasteiger partial charge in [-0.05, 0) is 25.8 Å². The average molecular weight is 217 g/mol. The Morgan fingerprint density at radius 2 is 2.06 bits per heavy atom. The van der Waals surface area contributed by atoms with Gasteiger partial charge in [0.25, 0.3) is 0 Å². The Kier molecular flexibility index (Phi) is 1.99. The molecule has 0 bridgehead atoms. The third kappa shape index (κ3) is 1.31. The number of rotatable bonds is 1. The summed E-state index contributed by atoms with van der Waals surface area (Å²) >= 11 is 0. The number of aryl methyl sites for hydroxylation is 1. The smallest absolute Gasteiger partial charge is 0.162 e. The minimum absolute atomic E-state index is 0.561. The van der Waals surface area contributed by atoms with E-state index in [4.69, 9.17) is 5.73 Å². The second-order valence-electron chi connectivity index (χ2n) is 4.26. The van der Waals surface area contributed by atoms with Crippen LogP contribution in [0.2, 0.25) is 0 Å². The first-order chi connectivity index (χ1) is 7.75. The molecular formula is C11H15N5. The minimum Gasteiger partial charge on any atom is -0.382 e. The monoisotopic (exact) mass is 217 g/mol. The number of fused-ring (bicyclic) bond motifs is 1. The largest absolute Gasteiger partial charge is 0.382 e. The van der Waals surface area contributed by atoms with Gasteiger partial charge in [0.15, 0.2) is 11.5 Å². The second kappa shape index (κ2) is 3.37. The fraction of sp³-hybridized carbons (Fsp3) is 0.455. The molecule has 0 spiro atoms. The van der Waals surface area contributed by atoms with Crippen molar-refractivity contribution in [3.05, 3.63) is 17.8 Å². The van der Waals surface area contributed by atoms with E-state index in [0.717, 1.165) is 30.1 Å². The molecule has 2 aromatic rings. The van der Waals surface area contributed by atoms with Crippen molar-refractivity contribution in [3.63, 3.8) is 0 Å². The molecule has 3 rings (SSSR count). The number of nitrogens with two attached hydrogens (primary N) is 1. The van der Waals surface area contributed by atoms with Crippen molar-refractivity contribution in [2.75, 3.05) is 23.7 Å². The van der Waals surface area contributed by atoms with Crippen LogP contribution in [0.25, 0.3) is 5.65 Å². The number of nitrogen functional groups attached to an aromatic ring is 1. The van der Waals surface area contributed by atoms with Crippen LogP contribution >= 0.6 is 0 Å². The lowest BCUT2D eigenvalue weighted by molar-refractivity contribution is 0.900. The Hall–Kier alpha value is -1.78. The zero-order valence-corrected chi connectivity index (χ0v) is 9.35. The molecule has 0 atom stereocenters. The molecule has 5 nitrogen and oxygen atoms in total. The van der Waals surface area contributed by atoms with Crippen LogP contribution in [0.15, 0.2) is 12.3 Å². The maximum atomic E-state index is 5.77. The van der Waals surface area contributed by atoms with Crippen LogP contribution in [-0.2, 0) is 0 Å². The van der Waals surface area contributed by atoms with Crippen LogP contribution in [0.4, 0.5) is 11.6 Å². The van der Waals surface area contributed by atoms with Gasteiger partial charge < -0.3 is 10.6 Å². The summed E-state index contributed by atoms with van der Waals surface area (Å²) in [7, 11) is 0. The summed E-state index contributed by atoms with van der Waals surface area (Å²) in [6.07, 6.45) is 4.44. The van der Waals surface area contributed by atoms with Gasteiger partial charge in [0, 0.05) is 24.8 Å². The minimum atomic E-state index is 0.561. The van der Waals surface area contributed by atoms with Gasteiger partial charge in [-0.25, -0.2) is 9.50 Å². The molecule has 0 aromatic carbocycles. The van der Waals surface area contributed by atoms with Crippen molar-refractivity contribution in [1.82, 2.24) is 14.6 Å². The molecule has 84 valence electrons. The van der Waals surface area contributed by atoms with E-state index in [1.807, 2.05) is 19.2 Å². The van der Waals surface area contributed by atoms with Crippen molar-refractivity contribution in [2.24, 2.45) is 0 Å². The zero-order valence-electron chi connectivity index (χ0n) is 9.35. The molecule has 0 saturated carbocycles. The van der Waals surface area contributed by atoms with E-state index in [1.165, 1.54) is 12.8 Å². The molecule has 2 N–H and O–H groups in total. The second-order valence-corrected chi connectivity index (χ2v) is 4.26. The summed E-state index contributed by atoms with van der Waals surface area (Å²) in [5.41, 5.74) is 7.59. The molecule has 5 heteroatoms. The first-order valence-electron chi connectivity index (χ1n) is 5.62. The number of hydrogen-bond donors (Lipinski definition) is 1. The van der Waals surface area contributed by atoms with E-state index in [0.29, 0.717) is 5.82 Å². The number of nitrogens with zero attached hydrogens (tertiary/aromatic N) is 4. The molecule has 1 fully saturated rings. The Bertz CT molecular complexity index is 524. The molecule has 0 radical (unpaired) electrons. The first-order valence-corrected chi connectivity index (χ1v) is 5.62. The standard InChI is InChI=1S/C11H15N5/c1-8-10(12)14-16-7-4-9(13-11(8)16)15-5-2-3-6-15/h4,7H,2-3,5-6H2,1H3,(H2,12,14). The lowest BCUT2D eigenvalue weighted by Gasteiger charge is -2.15. The Labute approximate surface area is 93.9 Å². The molecule has 0 amide bonds. The Morgan fingerprint density at radius 3 is 2.81 bits per heavy atom. The molecule has 16 heavy (non-hydrogen) atoms. The molecule has 1 aliphatic heterocycles. The quantitative estimate of drug-likeness (QED) is 0.780. The highest BCUT2D eigenvalue weighted by Crippen LogP contribution is 2.21. The van der Waals surface area contributed by atoms with Gasteiger partial charge in [-0.15, -0.1) is 5.10 Å². The van der Waals surface area contributed by atoms with Gasteiger partial charge in [-0.3, -0.25) is 0 Å². The summed E-state index contributed by atoms with van der Waals surface area (Å²) in [4.78, 5) is 6.93. The van der Waals surface area contributed by atoms with Gasteiger partial charge in [-0.2, -0.15) is 0 Å². The molecule has 0 unspecified atom stereocenters. The first kappa shape index (κ1) is 9.45. The average Bonchev–Trinajstić information content (AvgIpc) is 2.89. The SMILES string of the molecule is Cc1c(N)nn2ccc(N3CCCC3)nc12. The fourth-order valence-corrected chi connectivity index (χ4v) is 2.17. The highest BCUT2D eigenvalue weighted by Gasteiger charge is 2.15. The molecule has 0 aliphatic carbocycles. The number of aromatic nitrogens is 3. The van der Waals surface area contributed by atoms with Crippen LogP contribution in [0.5, 0.6) is 0 Å². The van der Waals surface area contributed by atoms with Crippen molar-refractivity contribution >= 4 is 17.3 Å². The summed E-state index contributed by atoms with van der Waals surface area (Å²) in [6.45, 7) is 4.16. The molecule has 1 aliphatic rings. The Balaban J connectivity index is 2.10. The van der Waals surface area contributed by atoms with Crippen LogP contribution in [0, 0.1) is 6.92 Å². The normalized spacial score (nSPS) is 16.2. The summed E-state index contributed by atoms with van der Waals surface area (Å²) in [5.74, 6) is 1.60.